The van der Waals surface area contributed by atoms with Crippen LogP contribution in [0.5, 0.6) is 0 Å². The van der Waals surface area contributed by atoms with Crippen molar-refractivity contribution in [3.05, 3.63) is 0 Å². The minimum absolute atomic E-state index is 0.132. The first-order chi connectivity index (χ1) is 5.72. The number of nitrogens with two attached hydrogens (primary N) is 1. The Morgan fingerprint density at radius 1 is 1.58 bits per heavy atom. The molecular formula is C9H15NO2. The van der Waals surface area contributed by atoms with Crippen LogP contribution in [0.2, 0.25) is 0 Å². The second-order valence-electron chi connectivity index (χ2n) is 3.60. The summed E-state index contributed by atoms with van der Waals surface area (Å²) in [5, 5.41) is 0. The van der Waals surface area contributed by atoms with Gasteiger partial charge < -0.3 is 10.5 Å². The minimum atomic E-state index is -0.369. The fraction of sp³-hybridized carbons (Fsp3) is 0.778. The molecule has 0 radical (unpaired) electrons. The van der Waals surface area contributed by atoms with Gasteiger partial charge in [-0.15, -0.1) is 0 Å². The van der Waals surface area contributed by atoms with Crippen LogP contribution in [-0.2, 0) is 9.59 Å². The predicted octanol–water partition coefficient (Wildman–Crippen LogP) is 0.867. The van der Waals surface area contributed by atoms with Crippen LogP contribution in [0.1, 0.15) is 32.1 Å². The van der Waals surface area contributed by atoms with Crippen LogP contribution in [0.25, 0.3) is 0 Å². The van der Waals surface area contributed by atoms with Crippen molar-refractivity contribution in [2.24, 2.45) is 17.6 Å². The maximum atomic E-state index is 10.5. The Morgan fingerprint density at radius 3 is 2.58 bits per heavy atom. The largest absolute Gasteiger partial charge is 0.370 e. The number of aldehydes is 1. The number of hydrogen-bond acceptors (Lipinski definition) is 2. The van der Waals surface area contributed by atoms with Crippen LogP contribution in [0.3, 0.4) is 0 Å². The lowest BCUT2D eigenvalue weighted by atomic mass is 9.78. The van der Waals surface area contributed by atoms with E-state index in [4.69, 9.17) is 5.73 Å². The lowest BCUT2D eigenvalue weighted by Gasteiger charge is -2.27. The summed E-state index contributed by atoms with van der Waals surface area (Å²) in [5.41, 5.74) is 5.01. The fourth-order valence-corrected chi connectivity index (χ4v) is 1.60. The van der Waals surface area contributed by atoms with E-state index in [0.29, 0.717) is 5.92 Å². The quantitative estimate of drug-likeness (QED) is 0.621. The van der Waals surface area contributed by atoms with Gasteiger partial charge in [0.25, 0.3) is 0 Å². The molecule has 68 valence electrons. The van der Waals surface area contributed by atoms with E-state index in [2.05, 4.69) is 0 Å². The third-order valence-electron chi connectivity index (χ3n) is 2.52. The molecule has 1 atom stereocenters. The van der Waals surface area contributed by atoms with Crippen molar-refractivity contribution in [1.82, 2.24) is 0 Å². The number of hydrogen-bond donors (Lipinski definition) is 1. The average Bonchev–Trinajstić information content (AvgIpc) is 1.93. The molecular weight excluding hydrogens is 154 g/mol. The molecule has 3 nitrogen and oxygen atoms in total. The van der Waals surface area contributed by atoms with Gasteiger partial charge in [-0.3, -0.25) is 4.79 Å². The first-order valence-corrected chi connectivity index (χ1v) is 4.46. The smallest absolute Gasteiger partial charge is 0.218 e. The summed E-state index contributed by atoms with van der Waals surface area (Å²) in [4.78, 5) is 21.0. The highest BCUT2D eigenvalue weighted by molar-refractivity contribution is 5.77. The second-order valence-corrected chi connectivity index (χ2v) is 3.60. The van der Waals surface area contributed by atoms with Gasteiger partial charge in [0.1, 0.15) is 6.29 Å². The molecule has 12 heavy (non-hydrogen) atoms. The van der Waals surface area contributed by atoms with E-state index in [9.17, 15) is 9.59 Å². The van der Waals surface area contributed by atoms with Crippen LogP contribution >= 0.6 is 0 Å². The molecule has 1 rings (SSSR count). The van der Waals surface area contributed by atoms with E-state index in [1.54, 1.807) is 0 Å². The van der Waals surface area contributed by atoms with Gasteiger partial charge in [0.15, 0.2) is 0 Å². The van der Waals surface area contributed by atoms with E-state index >= 15 is 0 Å². The van der Waals surface area contributed by atoms with Crippen molar-refractivity contribution >= 4 is 12.2 Å². The van der Waals surface area contributed by atoms with Crippen molar-refractivity contribution in [3.63, 3.8) is 0 Å². The molecule has 0 spiro atoms. The van der Waals surface area contributed by atoms with Crippen molar-refractivity contribution in [3.8, 4) is 0 Å². The topological polar surface area (TPSA) is 60.2 Å². The first-order valence-electron chi connectivity index (χ1n) is 4.46. The van der Waals surface area contributed by atoms with Crippen molar-refractivity contribution < 1.29 is 9.59 Å². The second kappa shape index (κ2) is 4.24. The van der Waals surface area contributed by atoms with Crippen molar-refractivity contribution in [2.45, 2.75) is 32.1 Å². The number of primary amides is 1. The Morgan fingerprint density at radius 2 is 2.25 bits per heavy atom. The Kier molecular flexibility index (Phi) is 3.26. The van der Waals surface area contributed by atoms with Crippen LogP contribution in [-0.4, -0.2) is 12.2 Å². The number of carbonyl (C=O) groups is 2. The zero-order valence-corrected chi connectivity index (χ0v) is 7.16. The van der Waals surface area contributed by atoms with Crippen LogP contribution < -0.4 is 5.73 Å². The summed E-state index contributed by atoms with van der Waals surface area (Å²) in [6, 6.07) is 0. The van der Waals surface area contributed by atoms with Crippen LogP contribution in [0.4, 0.5) is 0 Å². The average molecular weight is 169 g/mol. The van der Waals surface area contributed by atoms with Crippen molar-refractivity contribution in [2.75, 3.05) is 0 Å². The molecule has 0 heterocycles. The molecule has 0 aromatic carbocycles. The summed E-state index contributed by atoms with van der Waals surface area (Å²) >= 11 is 0. The normalized spacial score (nSPS) is 19.7. The molecule has 0 aromatic rings. The Bertz CT molecular complexity index is 175. The molecule has 0 aliphatic heterocycles. The third kappa shape index (κ3) is 2.64. The van der Waals surface area contributed by atoms with Gasteiger partial charge >= 0.3 is 0 Å². The lowest BCUT2D eigenvalue weighted by molar-refractivity contribution is -0.122. The summed E-state index contributed by atoms with van der Waals surface area (Å²) in [5.74, 6) is 0.166. The highest BCUT2D eigenvalue weighted by Gasteiger charge is 2.22. The van der Waals surface area contributed by atoms with E-state index in [0.717, 1.165) is 12.7 Å². The molecule has 3 heteroatoms. The predicted molar refractivity (Wildman–Crippen MR) is 45.3 cm³/mol. The lowest BCUT2D eigenvalue weighted by Crippen LogP contribution is -2.22. The zero-order chi connectivity index (χ0) is 8.97. The van der Waals surface area contributed by atoms with E-state index in [-0.39, 0.29) is 18.2 Å². The number of carbonyl (C=O) groups excluding carboxylic acids is 2. The van der Waals surface area contributed by atoms with Gasteiger partial charge in [0.05, 0.1) is 0 Å². The van der Waals surface area contributed by atoms with Crippen molar-refractivity contribution in [1.29, 1.82) is 0 Å². The van der Waals surface area contributed by atoms with Crippen LogP contribution in [0.15, 0.2) is 0 Å². The highest BCUT2D eigenvalue weighted by atomic mass is 16.1. The van der Waals surface area contributed by atoms with Crippen LogP contribution in [0, 0.1) is 11.8 Å². The standard InChI is InChI=1S/C9H15NO2/c10-9(12)5-8(6-11)4-7-2-1-3-7/h6-8H,1-5H2,(H2,10,12)/t8-/m1/s1. The Hall–Kier alpha value is -0.860. The minimum Gasteiger partial charge on any atom is -0.370 e. The molecule has 1 aliphatic rings. The summed E-state index contributed by atoms with van der Waals surface area (Å²) in [6.07, 6.45) is 5.63. The summed E-state index contributed by atoms with van der Waals surface area (Å²) in [7, 11) is 0. The molecule has 0 saturated heterocycles. The van der Waals surface area contributed by atoms with E-state index in [1.807, 2.05) is 0 Å². The molecule has 0 bridgehead atoms. The third-order valence-corrected chi connectivity index (χ3v) is 2.52. The fourth-order valence-electron chi connectivity index (χ4n) is 1.60. The maximum absolute atomic E-state index is 10.5. The first kappa shape index (κ1) is 9.23. The van der Waals surface area contributed by atoms with E-state index < -0.39 is 0 Å². The zero-order valence-electron chi connectivity index (χ0n) is 7.16. The highest BCUT2D eigenvalue weighted by Crippen LogP contribution is 2.32. The maximum Gasteiger partial charge on any atom is 0.218 e. The molecule has 2 N–H and O–H groups in total. The Labute approximate surface area is 72.3 Å². The molecule has 0 unspecified atom stereocenters. The number of rotatable bonds is 5. The van der Waals surface area contributed by atoms with Gasteiger partial charge in [-0.1, -0.05) is 19.3 Å². The monoisotopic (exact) mass is 169 g/mol. The van der Waals surface area contributed by atoms with Gasteiger partial charge in [-0.25, -0.2) is 0 Å². The summed E-state index contributed by atoms with van der Waals surface area (Å²) in [6.45, 7) is 0. The summed E-state index contributed by atoms with van der Waals surface area (Å²) < 4.78 is 0. The van der Waals surface area contributed by atoms with Gasteiger partial charge in [0, 0.05) is 12.3 Å². The Balaban J connectivity index is 2.23. The molecule has 0 aromatic heterocycles. The molecule has 1 aliphatic carbocycles. The van der Waals surface area contributed by atoms with E-state index in [1.165, 1.54) is 19.3 Å². The molecule has 1 fully saturated rings. The molecule has 1 saturated carbocycles. The molecule has 1 amide bonds. The van der Waals surface area contributed by atoms with Gasteiger partial charge in [0.2, 0.25) is 5.91 Å². The van der Waals surface area contributed by atoms with Gasteiger partial charge in [-0.2, -0.15) is 0 Å². The SMILES string of the molecule is NC(=O)C[C@H](C=O)CC1CCC1. The number of amides is 1. The van der Waals surface area contributed by atoms with Gasteiger partial charge in [-0.05, 0) is 12.3 Å².